The van der Waals surface area contributed by atoms with Gasteiger partial charge < -0.3 is 10.2 Å². The van der Waals surface area contributed by atoms with Crippen LogP contribution < -0.4 is 0 Å². The molecule has 0 amide bonds. The van der Waals surface area contributed by atoms with Crippen LogP contribution in [0.4, 0.5) is 0 Å². The summed E-state index contributed by atoms with van der Waals surface area (Å²) in [5, 5.41) is 18.3. The Morgan fingerprint density at radius 3 is 1.69 bits per heavy atom. The molecule has 146 valence electrons. The van der Waals surface area contributed by atoms with E-state index in [-0.39, 0.29) is 11.1 Å². The van der Waals surface area contributed by atoms with Gasteiger partial charge in [0.15, 0.2) is 0 Å². The minimum absolute atomic E-state index is 0.156. The quantitative estimate of drug-likeness (QED) is 0.358. The molecule has 1 aromatic rings. The van der Waals surface area contributed by atoms with Crippen molar-refractivity contribution in [2.24, 2.45) is 0 Å². The fourth-order valence-electron chi connectivity index (χ4n) is 3.30. The number of rotatable bonds is 15. The molecule has 0 aliphatic rings. The molecule has 0 unspecified atom stereocenters. The maximum atomic E-state index is 11.3. The molecule has 0 atom stereocenters. The highest BCUT2D eigenvalue weighted by Crippen LogP contribution is 2.17. The molecule has 0 spiro atoms. The van der Waals surface area contributed by atoms with Crippen molar-refractivity contribution < 1.29 is 19.8 Å². The van der Waals surface area contributed by atoms with Crippen molar-refractivity contribution in [1.29, 1.82) is 0 Å². The Hall–Kier alpha value is -1.84. The molecule has 26 heavy (non-hydrogen) atoms. The normalized spacial score (nSPS) is 10.8. The lowest BCUT2D eigenvalue weighted by atomic mass is 9.98. The first-order chi connectivity index (χ1) is 12.6. The lowest BCUT2D eigenvalue weighted by Gasteiger charge is -2.08. The van der Waals surface area contributed by atoms with Crippen LogP contribution in [0.3, 0.4) is 0 Å². The second-order valence-corrected chi connectivity index (χ2v) is 7.12. The number of aromatic carboxylic acids is 2. The van der Waals surface area contributed by atoms with E-state index in [0.29, 0.717) is 12.0 Å². The number of aryl methyl sites for hydroxylation is 1. The summed E-state index contributed by atoms with van der Waals surface area (Å²) < 4.78 is 0. The number of carboxylic acids is 2. The van der Waals surface area contributed by atoms with Crippen molar-refractivity contribution in [3.63, 3.8) is 0 Å². The van der Waals surface area contributed by atoms with E-state index in [9.17, 15) is 14.7 Å². The third-order valence-corrected chi connectivity index (χ3v) is 4.88. The van der Waals surface area contributed by atoms with E-state index in [1.165, 1.54) is 76.0 Å². The Labute approximate surface area is 157 Å². The number of hydrogen-bond acceptors (Lipinski definition) is 2. The maximum absolute atomic E-state index is 11.3. The van der Waals surface area contributed by atoms with E-state index in [4.69, 9.17) is 5.11 Å². The van der Waals surface area contributed by atoms with E-state index in [1.54, 1.807) is 0 Å². The van der Waals surface area contributed by atoms with Crippen molar-refractivity contribution >= 4 is 11.9 Å². The maximum Gasteiger partial charge on any atom is 0.335 e. The predicted molar refractivity (Wildman–Crippen MR) is 105 cm³/mol. The summed E-state index contributed by atoms with van der Waals surface area (Å²) >= 11 is 0. The molecule has 4 heteroatoms. The summed E-state index contributed by atoms with van der Waals surface area (Å²) in [7, 11) is 0. The number of carboxylic acid groups (broad SMARTS) is 2. The molecule has 0 aliphatic carbocycles. The van der Waals surface area contributed by atoms with Gasteiger partial charge in [-0.25, -0.2) is 9.59 Å². The van der Waals surface area contributed by atoms with E-state index >= 15 is 0 Å². The largest absolute Gasteiger partial charge is 0.478 e. The molecule has 0 saturated heterocycles. The summed E-state index contributed by atoms with van der Waals surface area (Å²) in [6.07, 6.45) is 15.7. The van der Waals surface area contributed by atoms with Crippen molar-refractivity contribution in [2.45, 2.75) is 90.4 Å². The molecule has 1 rings (SSSR count). The smallest absolute Gasteiger partial charge is 0.335 e. The summed E-state index contributed by atoms with van der Waals surface area (Å²) in [5.41, 5.74) is 1.01. The fraction of sp³-hybridized carbons (Fsp3) is 0.636. The molecular formula is C22H34O4. The Morgan fingerprint density at radius 1 is 0.731 bits per heavy atom. The molecule has 0 heterocycles. The summed E-state index contributed by atoms with van der Waals surface area (Å²) in [5.74, 6) is -2.01. The first-order valence-corrected chi connectivity index (χ1v) is 10.2. The summed E-state index contributed by atoms with van der Waals surface area (Å²) in [6.45, 7) is 2.24. The van der Waals surface area contributed by atoms with Crippen LogP contribution in [0.15, 0.2) is 18.2 Å². The Morgan fingerprint density at radius 2 is 1.23 bits per heavy atom. The molecule has 0 aliphatic heterocycles. The highest BCUT2D eigenvalue weighted by molar-refractivity contribution is 5.93. The van der Waals surface area contributed by atoms with Gasteiger partial charge in [0.2, 0.25) is 0 Å². The Bertz CT molecular complexity index is 551. The average molecular weight is 363 g/mol. The van der Waals surface area contributed by atoms with Crippen LogP contribution in [0, 0.1) is 0 Å². The molecule has 0 saturated carbocycles. The van der Waals surface area contributed by atoms with Gasteiger partial charge in [-0.2, -0.15) is 0 Å². The van der Waals surface area contributed by atoms with Gasteiger partial charge in [-0.15, -0.1) is 0 Å². The van der Waals surface area contributed by atoms with Crippen LogP contribution in [-0.4, -0.2) is 22.2 Å². The zero-order valence-electron chi connectivity index (χ0n) is 16.1. The monoisotopic (exact) mass is 362 g/mol. The zero-order chi connectivity index (χ0) is 19.2. The molecule has 0 radical (unpaired) electrons. The van der Waals surface area contributed by atoms with Gasteiger partial charge >= 0.3 is 11.9 Å². The number of hydrogen-bond donors (Lipinski definition) is 2. The van der Waals surface area contributed by atoms with Crippen LogP contribution in [-0.2, 0) is 6.42 Å². The van der Waals surface area contributed by atoms with Crippen LogP contribution in [0.1, 0.15) is 110 Å². The van der Waals surface area contributed by atoms with Crippen LogP contribution in [0.2, 0.25) is 0 Å². The van der Waals surface area contributed by atoms with E-state index < -0.39 is 11.9 Å². The lowest BCUT2D eigenvalue weighted by molar-refractivity contribution is 0.0680. The van der Waals surface area contributed by atoms with E-state index in [2.05, 4.69) is 6.92 Å². The fourth-order valence-corrected chi connectivity index (χ4v) is 3.30. The summed E-state index contributed by atoms with van der Waals surface area (Å²) in [6, 6.07) is 4.27. The topological polar surface area (TPSA) is 74.6 Å². The molecule has 0 bridgehead atoms. The van der Waals surface area contributed by atoms with Gasteiger partial charge in [-0.1, -0.05) is 77.6 Å². The van der Waals surface area contributed by atoms with Gasteiger partial charge in [0, 0.05) is 0 Å². The standard InChI is InChI=1S/C22H34O4/c1-2-3-4-5-6-7-8-9-10-11-12-13-14-18-17-19(21(23)24)15-16-20(18)22(25)26/h15-17H,2-14H2,1H3,(H,23,24)(H,25,26). The van der Waals surface area contributed by atoms with Crippen LogP contribution in [0.5, 0.6) is 0 Å². The number of carbonyl (C=O) groups is 2. The Kier molecular flexibility index (Phi) is 11.4. The number of unbranched alkanes of at least 4 members (excludes halogenated alkanes) is 11. The molecule has 0 fully saturated rings. The first-order valence-electron chi connectivity index (χ1n) is 10.2. The molecule has 4 nitrogen and oxygen atoms in total. The van der Waals surface area contributed by atoms with Crippen molar-refractivity contribution in [1.82, 2.24) is 0 Å². The van der Waals surface area contributed by atoms with Crippen LogP contribution >= 0.6 is 0 Å². The minimum Gasteiger partial charge on any atom is -0.478 e. The van der Waals surface area contributed by atoms with Gasteiger partial charge in [0.1, 0.15) is 0 Å². The molecule has 0 aromatic heterocycles. The lowest BCUT2D eigenvalue weighted by Crippen LogP contribution is -2.06. The highest BCUT2D eigenvalue weighted by Gasteiger charge is 2.13. The second kappa shape index (κ2) is 13.4. The van der Waals surface area contributed by atoms with E-state index in [1.807, 2.05) is 0 Å². The average Bonchev–Trinajstić information content (AvgIpc) is 2.62. The van der Waals surface area contributed by atoms with Crippen molar-refractivity contribution in [3.05, 3.63) is 34.9 Å². The van der Waals surface area contributed by atoms with Gasteiger partial charge in [0.25, 0.3) is 0 Å². The summed E-state index contributed by atoms with van der Waals surface area (Å²) in [4.78, 5) is 22.3. The van der Waals surface area contributed by atoms with E-state index in [0.717, 1.165) is 19.3 Å². The zero-order valence-corrected chi connectivity index (χ0v) is 16.1. The van der Waals surface area contributed by atoms with Gasteiger partial charge in [-0.05, 0) is 36.6 Å². The molecular weight excluding hydrogens is 328 g/mol. The number of benzene rings is 1. The highest BCUT2D eigenvalue weighted by atomic mass is 16.4. The first kappa shape index (κ1) is 22.2. The third kappa shape index (κ3) is 9.02. The molecule has 1 aromatic carbocycles. The second-order valence-electron chi connectivity index (χ2n) is 7.12. The van der Waals surface area contributed by atoms with Gasteiger partial charge in [0.05, 0.1) is 11.1 Å². The van der Waals surface area contributed by atoms with Gasteiger partial charge in [-0.3, -0.25) is 0 Å². The predicted octanol–water partition coefficient (Wildman–Crippen LogP) is 6.33. The molecule has 2 N–H and O–H groups in total. The van der Waals surface area contributed by atoms with Crippen molar-refractivity contribution in [3.8, 4) is 0 Å². The third-order valence-electron chi connectivity index (χ3n) is 4.88. The minimum atomic E-state index is -1.02. The van der Waals surface area contributed by atoms with Crippen LogP contribution in [0.25, 0.3) is 0 Å². The Balaban J connectivity index is 2.18. The van der Waals surface area contributed by atoms with Crippen molar-refractivity contribution in [2.75, 3.05) is 0 Å². The SMILES string of the molecule is CCCCCCCCCCCCCCc1cc(C(=O)O)ccc1C(=O)O.